The number of carbonyl (C=O) groups excluding carboxylic acids is 1. The normalized spacial score (nSPS) is 21.8. The summed E-state index contributed by atoms with van der Waals surface area (Å²) in [6.45, 7) is 4.03. The lowest BCUT2D eigenvalue weighted by molar-refractivity contribution is -0.121. The number of benzene rings is 1. The van der Waals surface area contributed by atoms with Crippen molar-refractivity contribution in [3.8, 4) is 0 Å². The highest BCUT2D eigenvalue weighted by atomic mass is 16.6. The Morgan fingerprint density at radius 2 is 2.06 bits per heavy atom. The van der Waals surface area contributed by atoms with Gasteiger partial charge in [0.2, 0.25) is 5.91 Å². The van der Waals surface area contributed by atoms with E-state index >= 15 is 0 Å². The lowest BCUT2D eigenvalue weighted by Crippen LogP contribution is -2.36. The number of oxime groups is 1. The van der Waals surface area contributed by atoms with Crippen LogP contribution < -0.4 is 5.73 Å². The van der Waals surface area contributed by atoms with Gasteiger partial charge in [-0.1, -0.05) is 49.3 Å². The van der Waals surface area contributed by atoms with Gasteiger partial charge in [-0.15, -0.1) is 0 Å². The Morgan fingerprint density at radius 1 is 1.41 bits per heavy atom. The lowest BCUT2D eigenvalue weighted by atomic mass is 9.78. The van der Waals surface area contributed by atoms with Gasteiger partial charge in [0, 0.05) is 0 Å². The summed E-state index contributed by atoms with van der Waals surface area (Å²) < 4.78 is 0. The first-order valence-corrected chi connectivity index (χ1v) is 5.60. The zero-order valence-corrected chi connectivity index (χ0v) is 10.0. The molecule has 90 valence electrons. The van der Waals surface area contributed by atoms with Crippen molar-refractivity contribution in [2.45, 2.75) is 26.4 Å². The van der Waals surface area contributed by atoms with E-state index in [4.69, 9.17) is 10.6 Å². The summed E-state index contributed by atoms with van der Waals surface area (Å²) in [5.74, 6) is -0.368. The van der Waals surface area contributed by atoms with Crippen LogP contribution in [0.4, 0.5) is 0 Å². The lowest BCUT2D eigenvalue weighted by Gasteiger charge is -2.24. The Bertz CT molecular complexity index is 452. The minimum Gasteiger partial charge on any atom is -0.391 e. The summed E-state index contributed by atoms with van der Waals surface area (Å²) in [5.41, 5.74) is 6.78. The molecule has 0 radical (unpaired) electrons. The molecular formula is C13H16N2O2. The second kappa shape index (κ2) is 4.20. The van der Waals surface area contributed by atoms with Crippen LogP contribution in [0, 0.1) is 5.41 Å². The summed E-state index contributed by atoms with van der Waals surface area (Å²) in [7, 11) is 0. The SMILES string of the molecule is CC1(C)C(c2ccccc2)=NO[C@H]1CC(N)=O. The van der Waals surface area contributed by atoms with Crippen molar-refractivity contribution >= 4 is 11.6 Å². The fraction of sp³-hybridized carbons (Fsp3) is 0.385. The largest absolute Gasteiger partial charge is 0.391 e. The number of primary amides is 1. The average Bonchev–Trinajstić information content (AvgIpc) is 2.55. The van der Waals surface area contributed by atoms with E-state index in [0.29, 0.717) is 0 Å². The monoisotopic (exact) mass is 232 g/mol. The van der Waals surface area contributed by atoms with Crippen LogP contribution in [-0.4, -0.2) is 17.7 Å². The topological polar surface area (TPSA) is 64.7 Å². The van der Waals surface area contributed by atoms with Gasteiger partial charge in [0.25, 0.3) is 0 Å². The Labute approximate surface area is 100 Å². The van der Waals surface area contributed by atoms with Gasteiger partial charge in [0.1, 0.15) is 6.10 Å². The van der Waals surface area contributed by atoms with Gasteiger partial charge in [0.05, 0.1) is 17.5 Å². The molecule has 2 rings (SSSR count). The van der Waals surface area contributed by atoms with E-state index in [1.807, 2.05) is 44.2 Å². The van der Waals surface area contributed by atoms with Crippen LogP contribution in [0.5, 0.6) is 0 Å². The molecule has 0 bridgehead atoms. The number of hydrogen-bond donors (Lipinski definition) is 1. The molecule has 17 heavy (non-hydrogen) atoms. The number of nitrogens with zero attached hydrogens (tertiary/aromatic N) is 1. The maximum Gasteiger partial charge on any atom is 0.221 e. The van der Waals surface area contributed by atoms with E-state index in [1.165, 1.54) is 0 Å². The van der Waals surface area contributed by atoms with Gasteiger partial charge in [-0.05, 0) is 5.56 Å². The van der Waals surface area contributed by atoms with Crippen LogP contribution in [-0.2, 0) is 9.63 Å². The molecule has 0 aromatic heterocycles. The van der Waals surface area contributed by atoms with Crippen molar-refractivity contribution in [1.29, 1.82) is 0 Å². The summed E-state index contributed by atoms with van der Waals surface area (Å²) in [6.07, 6.45) is -0.0949. The highest BCUT2D eigenvalue weighted by molar-refractivity contribution is 6.05. The maximum absolute atomic E-state index is 11.0. The van der Waals surface area contributed by atoms with Crippen molar-refractivity contribution in [3.05, 3.63) is 35.9 Å². The second-order valence-electron chi connectivity index (χ2n) is 4.79. The molecule has 2 N–H and O–H groups in total. The average molecular weight is 232 g/mol. The molecule has 0 spiro atoms. The van der Waals surface area contributed by atoms with Gasteiger partial charge in [-0.2, -0.15) is 0 Å². The predicted octanol–water partition coefficient (Wildman–Crippen LogP) is 1.69. The highest BCUT2D eigenvalue weighted by Crippen LogP contribution is 2.36. The molecule has 1 aliphatic rings. The summed E-state index contributed by atoms with van der Waals surface area (Å²) in [5, 5.41) is 4.10. The zero-order chi connectivity index (χ0) is 12.5. The molecule has 4 nitrogen and oxygen atoms in total. The van der Waals surface area contributed by atoms with Crippen molar-refractivity contribution in [2.24, 2.45) is 16.3 Å². The van der Waals surface area contributed by atoms with E-state index in [-0.39, 0.29) is 23.8 Å². The van der Waals surface area contributed by atoms with Crippen molar-refractivity contribution in [2.75, 3.05) is 0 Å². The first-order chi connectivity index (χ1) is 8.01. The fourth-order valence-corrected chi connectivity index (χ4v) is 2.01. The standard InChI is InChI=1S/C13H16N2O2/c1-13(2)10(8-11(14)16)17-15-12(13)9-6-4-3-5-7-9/h3-7,10H,8H2,1-2H3,(H2,14,16)/t10-/m0/s1. The van der Waals surface area contributed by atoms with E-state index in [0.717, 1.165) is 11.3 Å². The van der Waals surface area contributed by atoms with Crippen LogP contribution in [0.3, 0.4) is 0 Å². The molecule has 0 unspecified atom stereocenters. The molecule has 1 aromatic carbocycles. The molecule has 0 aliphatic carbocycles. The van der Waals surface area contributed by atoms with Gasteiger partial charge in [0.15, 0.2) is 0 Å². The van der Waals surface area contributed by atoms with E-state index in [9.17, 15) is 4.79 Å². The molecule has 0 saturated heterocycles. The van der Waals surface area contributed by atoms with Crippen molar-refractivity contribution in [1.82, 2.24) is 0 Å². The summed E-state index contributed by atoms with van der Waals surface area (Å²) in [4.78, 5) is 16.3. The Hall–Kier alpha value is -1.84. The van der Waals surface area contributed by atoms with E-state index in [2.05, 4.69) is 5.16 Å². The fourth-order valence-electron chi connectivity index (χ4n) is 2.01. The first kappa shape index (κ1) is 11.6. The third-order valence-electron chi connectivity index (χ3n) is 3.12. The van der Waals surface area contributed by atoms with Crippen LogP contribution in [0.15, 0.2) is 35.5 Å². The number of carbonyl (C=O) groups is 1. The molecule has 1 heterocycles. The van der Waals surface area contributed by atoms with E-state index < -0.39 is 0 Å². The van der Waals surface area contributed by atoms with Crippen LogP contribution in [0.2, 0.25) is 0 Å². The third kappa shape index (κ3) is 2.16. The van der Waals surface area contributed by atoms with Gasteiger partial charge in [-0.3, -0.25) is 4.79 Å². The predicted molar refractivity (Wildman–Crippen MR) is 65.4 cm³/mol. The molecule has 0 fully saturated rings. The molecule has 0 saturated carbocycles. The second-order valence-corrected chi connectivity index (χ2v) is 4.79. The Balaban J connectivity index is 2.25. The minimum atomic E-state index is -0.368. The summed E-state index contributed by atoms with van der Waals surface area (Å²) in [6, 6.07) is 9.83. The first-order valence-electron chi connectivity index (χ1n) is 5.60. The number of amides is 1. The van der Waals surface area contributed by atoms with Gasteiger partial charge in [-0.25, -0.2) is 0 Å². The zero-order valence-electron chi connectivity index (χ0n) is 10.0. The van der Waals surface area contributed by atoms with Crippen LogP contribution in [0.1, 0.15) is 25.8 Å². The molecular weight excluding hydrogens is 216 g/mol. The van der Waals surface area contributed by atoms with Crippen LogP contribution in [0.25, 0.3) is 0 Å². The van der Waals surface area contributed by atoms with Crippen LogP contribution >= 0.6 is 0 Å². The Kier molecular flexibility index (Phi) is 2.88. The molecule has 1 aliphatic heterocycles. The van der Waals surface area contributed by atoms with Crippen molar-refractivity contribution in [3.63, 3.8) is 0 Å². The number of hydrogen-bond acceptors (Lipinski definition) is 3. The summed E-state index contributed by atoms with van der Waals surface area (Å²) >= 11 is 0. The smallest absolute Gasteiger partial charge is 0.221 e. The number of rotatable bonds is 3. The molecule has 1 amide bonds. The van der Waals surface area contributed by atoms with Gasteiger partial charge >= 0.3 is 0 Å². The third-order valence-corrected chi connectivity index (χ3v) is 3.12. The van der Waals surface area contributed by atoms with Gasteiger partial charge < -0.3 is 10.6 Å². The Morgan fingerprint density at radius 3 is 2.65 bits per heavy atom. The highest BCUT2D eigenvalue weighted by Gasteiger charge is 2.43. The quantitative estimate of drug-likeness (QED) is 0.861. The van der Waals surface area contributed by atoms with Crippen molar-refractivity contribution < 1.29 is 9.63 Å². The molecule has 4 heteroatoms. The molecule has 1 atom stereocenters. The minimum absolute atomic E-state index is 0.187. The maximum atomic E-state index is 11.0. The number of nitrogens with two attached hydrogens (primary N) is 1. The van der Waals surface area contributed by atoms with E-state index in [1.54, 1.807) is 0 Å². The molecule has 1 aromatic rings.